The molecule has 0 bridgehead atoms. The molecule has 0 radical (unpaired) electrons. The number of carbonyl (C=O) groups excluding carboxylic acids is 1. The van der Waals surface area contributed by atoms with Crippen molar-refractivity contribution in [3.05, 3.63) is 58.6 Å². The van der Waals surface area contributed by atoms with Gasteiger partial charge in [0.05, 0.1) is 35.0 Å². The highest BCUT2D eigenvalue weighted by Crippen LogP contribution is 2.24. The first-order valence-electron chi connectivity index (χ1n) is 9.68. The van der Waals surface area contributed by atoms with Crippen LogP contribution in [0.3, 0.4) is 0 Å². The maximum absolute atomic E-state index is 12.7. The lowest BCUT2D eigenvalue weighted by Crippen LogP contribution is -2.40. The van der Waals surface area contributed by atoms with Gasteiger partial charge < -0.3 is 10.1 Å². The largest absolute Gasteiger partial charge is 0.379 e. The number of nitro groups is 1. The van der Waals surface area contributed by atoms with Crippen LogP contribution in [-0.2, 0) is 29.6 Å². The molecule has 1 heterocycles. The summed E-state index contributed by atoms with van der Waals surface area (Å²) in [5.74, 6) is -0.712. The van der Waals surface area contributed by atoms with Gasteiger partial charge in [-0.1, -0.05) is 6.07 Å². The summed E-state index contributed by atoms with van der Waals surface area (Å²) in [6, 6.07) is 10.4. The predicted octanol–water partition coefficient (Wildman–Crippen LogP) is 1.02. The summed E-state index contributed by atoms with van der Waals surface area (Å²) >= 11 is 0. The lowest BCUT2D eigenvalue weighted by atomic mass is 10.3. The Morgan fingerprint density at radius 2 is 1.76 bits per heavy atom. The van der Waals surface area contributed by atoms with E-state index < -0.39 is 37.4 Å². The molecule has 14 heteroatoms. The summed E-state index contributed by atoms with van der Waals surface area (Å²) < 4.78 is 57.0. The van der Waals surface area contributed by atoms with Crippen LogP contribution in [0.1, 0.15) is 0 Å². The van der Waals surface area contributed by atoms with Crippen molar-refractivity contribution in [3.8, 4) is 0 Å². The molecule has 1 saturated heterocycles. The van der Waals surface area contributed by atoms with Crippen molar-refractivity contribution in [3.63, 3.8) is 0 Å². The van der Waals surface area contributed by atoms with Crippen LogP contribution in [0.4, 0.5) is 17.1 Å². The van der Waals surface area contributed by atoms with E-state index in [2.05, 4.69) is 5.32 Å². The number of benzene rings is 2. The molecule has 0 aliphatic carbocycles. The highest BCUT2D eigenvalue weighted by Gasteiger charge is 2.26. The van der Waals surface area contributed by atoms with Crippen molar-refractivity contribution in [2.24, 2.45) is 0 Å². The number of non-ortho nitro benzene ring substituents is 1. The Balaban J connectivity index is 1.73. The molecule has 33 heavy (non-hydrogen) atoms. The molecule has 178 valence electrons. The molecule has 1 fully saturated rings. The standard InChI is InChI=1S/C19H22N4O8S2/c1-32(27,28)22(16-3-2-4-17(13-16)23(25)26)14-19(24)20-15-5-7-18(8-6-15)33(29,30)21-9-11-31-12-10-21/h2-8,13H,9-12,14H2,1H3,(H,20,24). The number of amides is 1. The third-order valence-electron chi connectivity index (χ3n) is 4.76. The van der Waals surface area contributed by atoms with Gasteiger partial charge >= 0.3 is 0 Å². The van der Waals surface area contributed by atoms with Crippen molar-refractivity contribution in [2.75, 3.05) is 48.7 Å². The third kappa shape index (κ3) is 6.04. The number of nitro benzene ring substituents is 1. The second-order valence-corrected chi connectivity index (χ2v) is 11.0. The second kappa shape index (κ2) is 9.82. The van der Waals surface area contributed by atoms with E-state index in [1.165, 1.54) is 46.8 Å². The molecule has 0 aromatic heterocycles. The molecule has 1 aliphatic rings. The highest BCUT2D eigenvalue weighted by atomic mass is 32.2. The first kappa shape index (κ1) is 24.6. The number of nitrogens with zero attached hydrogens (tertiary/aromatic N) is 3. The van der Waals surface area contributed by atoms with Crippen molar-refractivity contribution in [1.82, 2.24) is 4.31 Å². The molecular formula is C19H22N4O8S2. The Morgan fingerprint density at radius 3 is 2.33 bits per heavy atom. The second-order valence-electron chi connectivity index (χ2n) is 7.14. The quantitative estimate of drug-likeness (QED) is 0.418. The number of ether oxygens (including phenoxy) is 1. The minimum atomic E-state index is -3.93. The number of carbonyl (C=O) groups is 1. The van der Waals surface area contributed by atoms with Gasteiger partial charge in [0.1, 0.15) is 6.54 Å². The van der Waals surface area contributed by atoms with Crippen LogP contribution >= 0.6 is 0 Å². The number of hydrogen-bond acceptors (Lipinski definition) is 8. The summed E-state index contributed by atoms with van der Waals surface area (Å²) in [6.07, 6.45) is 0.879. The molecule has 0 atom stereocenters. The van der Waals surface area contributed by atoms with E-state index in [0.717, 1.165) is 16.6 Å². The fraction of sp³-hybridized carbons (Fsp3) is 0.316. The maximum atomic E-state index is 12.7. The predicted molar refractivity (Wildman–Crippen MR) is 120 cm³/mol. The van der Waals surface area contributed by atoms with E-state index in [9.17, 15) is 31.7 Å². The average Bonchev–Trinajstić information content (AvgIpc) is 2.78. The topological polar surface area (TPSA) is 156 Å². The molecule has 0 unspecified atom stereocenters. The van der Waals surface area contributed by atoms with Gasteiger partial charge in [-0.3, -0.25) is 19.2 Å². The number of anilines is 2. The summed E-state index contributed by atoms with van der Waals surface area (Å²) in [7, 11) is -7.63. The first-order valence-corrected chi connectivity index (χ1v) is 13.0. The normalized spacial score (nSPS) is 15.1. The summed E-state index contributed by atoms with van der Waals surface area (Å²) in [4.78, 5) is 22.9. The summed E-state index contributed by atoms with van der Waals surface area (Å²) in [5.41, 5.74) is -0.0964. The van der Waals surface area contributed by atoms with Crippen LogP contribution in [0.25, 0.3) is 0 Å². The Labute approximate surface area is 191 Å². The van der Waals surface area contributed by atoms with Crippen molar-refractivity contribution >= 4 is 43.0 Å². The Kier molecular flexibility index (Phi) is 7.31. The molecule has 2 aromatic rings. The van der Waals surface area contributed by atoms with Crippen LogP contribution < -0.4 is 9.62 Å². The van der Waals surface area contributed by atoms with Crippen molar-refractivity contribution in [1.29, 1.82) is 0 Å². The van der Waals surface area contributed by atoms with E-state index in [4.69, 9.17) is 4.74 Å². The third-order valence-corrected chi connectivity index (χ3v) is 7.82. The van der Waals surface area contributed by atoms with Crippen LogP contribution in [0.15, 0.2) is 53.4 Å². The van der Waals surface area contributed by atoms with Crippen LogP contribution in [0.5, 0.6) is 0 Å². The molecule has 1 aliphatic heterocycles. The smallest absolute Gasteiger partial charge is 0.271 e. The highest BCUT2D eigenvalue weighted by molar-refractivity contribution is 7.92. The Hall–Kier alpha value is -3.07. The fourth-order valence-corrected chi connectivity index (χ4v) is 5.40. The zero-order valence-corrected chi connectivity index (χ0v) is 19.2. The van der Waals surface area contributed by atoms with Gasteiger partial charge in [-0.25, -0.2) is 16.8 Å². The first-order chi connectivity index (χ1) is 15.5. The number of sulfonamides is 2. The Bertz CT molecular complexity index is 1240. The van der Waals surface area contributed by atoms with Crippen molar-refractivity contribution < 1.29 is 31.3 Å². The van der Waals surface area contributed by atoms with E-state index in [-0.39, 0.29) is 35.0 Å². The minimum absolute atomic E-state index is 0.0335. The molecule has 0 saturated carbocycles. The lowest BCUT2D eigenvalue weighted by molar-refractivity contribution is -0.384. The zero-order valence-electron chi connectivity index (χ0n) is 17.6. The van der Waals surface area contributed by atoms with Crippen LogP contribution in [0.2, 0.25) is 0 Å². The lowest BCUT2D eigenvalue weighted by Gasteiger charge is -2.26. The maximum Gasteiger partial charge on any atom is 0.271 e. The molecular weight excluding hydrogens is 476 g/mol. The van der Waals surface area contributed by atoms with Gasteiger partial charge in [0.2, 0.25) is 26.0 Å². The monoisotopic (exact) mass is 498 g/mol. The van der Waals surface area contributed by atoms with E-state index in [1.54, 1.807) is 0 Å². The SMILES string of the molecule is CS(=O)(=O)N(CC(=O)Nc1ccc(S(=O)(=O)N2CCOCC2)cc1)c1cccc([N+](=O)[O-])c1. The molecule has 1 N–H and O–H groups in total. The fourth-order valence-electron chi connectivity index (χ4n) is 3.14. The summed E-state index contributed by atoms with van der Waals surface area (Å²) in [6.45, 7) is 0.497. The van der Waals surface area contributed by atoms with Crippen LogP contribution in [-0.4, -0.2) is 71.1 Å². The average molecular weight is 499 g/mol. The zero-order chi connectivity index (χ0) is 24.2. The van der Waals surface area contributed by atoms with E-state index in [1.807, 2.05) is 0 Å². The van der Waals surface area contributed by atoms with Crippen molar-refractivity contribution in [2.45, 2.75) is 4.90 Å². The molecule has 2 aromatic carbocycles. The summed E-state index contributed by atoms with van der Waals surface area (Å²) in [5, 5.41) is 13.5. The van der Waals surface area contributed by atoms with Gasteiger partial charge in [-0.15, -0.1) is 0 Å². The number of morpholine rings is 1. The Morgan fingerprint density at radius 1 is 1.12 bits per heavy atom. The van der Waals surface area contributed by atoms with Gasteiger partial charge in [-0.05, 0) is 30.3 Å². The van der Waals surface area contributed by atoms with Gasteiger partial charge in [-0.2, -0.15) is 4.31 Å². The molecule has 0 spiro atoms. The van der Waals surface area contributed by atoms with Crippen LogP contribution in [0, 0.1) is 10.1 Å². The van der Waals surface area contributed by atoms with E-state index in [0.29, 0.717) is 13.2 Å². The molecule has 1 amide bonds. The number of nitrogens with one attached hydrogen (secondary N) is 1. The number of hydrogen-bond donors (Lipinski definition) is 1. The molecule has 3 rings (SSSR count). The van der Waals surface area contributed by atoms with Gasteiger partial charge in [0, 0.05) is 30.9 Å². The molecule has 12 nitrogen and oxygen atoms in total. The minimum Gasteiger partial charge on any atom is -0.379 e. The van der Waals surface area contributed by atoms with Gasteiger partial charge in [0.15, 0.2) is 0 Å². The number of rotatable bonds is 8. The van der Waals surface area contributed by atoms with E-state index >= 15 is 0 Å². The van der Waals surface area contributed by atoms with Gasteiger partial charge in [0.25, 0.3) is 5.69 Å².